The van der Waals surface area contributed by atoms with Crippen molar-refractivity contribution in [3.63, 3.8) is 0 Å². The molecule has 1 N–H and O–H groups in total. The van der Waals surface area contributed by atoms with E-state index >= 15 is 0 Å². The van der Waals surface area contributed by atoms with Crippen molar-refractivity contribution < 1.29 is 23.9 Å². The topological polar surface area (TPSA) is 84.9 Å². The zero-order valence-electron chi connectivity index (χ0n) is 19.7. The highest BCUT2D eigenvalue weighted by Crippen LogP contribution is 2.28. The maximum absolute atomic E-state index is 13.3. The molecule has 1 fully saturated rings. The van der Waals surface area contributed by atoms with Crippen LogP contribution in [0.2, 0.25) is 5.02 Å². The van der Waals surface area contributed by atoms with E-state index in [1.807, 2.05) is 18.2 Å². The van der Waals surface area contributed by atoms with E-state index in [-0.39, 0.29) is 12.2 Å². The highest BCUT2D eigenvalue weighted by atomic mass is 35.5. The van der Waals surface area contributed by atoms with E-state index in [2.05, 4.69) is 12.2 Å². The number of carbonyl (C=O) groups is 3. The molecule has 0 radical (unpaired) electrons. The lowest BCUT2D eigenvalue weighted by Crippen LogP contribution is -2.54. The fourth-order valence-corrected chi connectivity index (χ4v) is 3.77. The quantitative estimate of drug-likeness (QED) is 0.227. The number of anilines is 1. The van der Waals surface area contributed by atoms with Crippen LogP contribution in [-0.4, -0.2) is 24.5 Å². The lowest BCUT2D eigenvalue weighted by Gasteiger charge is -2.26. The Kier molecular flexibility index (Phi) is 8.02. The van der Waals surface area contributed by atoms with E-state index in [1.54, 1.807) is 54.6 Å². The fourth-order valence-electron chi connectivity index (χ4n) is 3.58. The maximum atomic E-state index is 13.3. The van der Waals surface area contributed by atoms with Gasteiger partial charge < -0.3 is 9.47 Å². The second-order valence-corrected chi connectivity index (χ2v) is 8.48. The van der Waals surface area contributed by atoms with Gasteiger partial charge in [-0.1, -0.05) is 61.3 Å². The summed E-state index contributed by atoms with van der Waals surface area (Å²) in [6.07, 6.45) is 3.35. The van der Waals surface area contributed by atoms with E-state index in [4.69, 9.17) is 21.1 Å². The van der Waals surface area contributed by atoms with Crippen molar-refractivity contribution in [3.8, 4) is 11.5 Å². The number of nitrogens with zero attached hydrogens (tertiary/aromatic N) is 1. The lowest BCUT2D eigenvalue weighted by molar-refractivity contribution is -0.122. The number of nitrogens with one attached hydrogen (secondary N) is 1. The summed E-state index contributed by atoms with van der Waals surface area (Å²) in [6, 6.07) is 20.1. The number of carbonyl (C=O) groups excluding carboxylic acids is 3. The minimum atomic E-state index is -0.815. The van der Waals surface area contributed by atoms with Gasteiger partial charge in [-0.15, -0.1) is 0 Å². The Morgan fingerprint density at radius 2 is 1.64 bits per heavy atom. The minimum Gasteiger partial charge on any atom is -0.494 e. The van der Waals surface area contributed by atoms with E-state index in [1.165, 1.54) is 6.08 Å². The van der Waals surface area contributed by atoms with Gasteiger partial charge in [0.2, 0.25) is 0 Å². The molecule has 4 rings (SSSR count). The van der Waals surface area contributed by atoms with Gasteiger partial charge in [0.25, 0.3) is 11.8 Å². The molecule has 36 heavy (non-hydrogen) atoms. The van der Waals surface area contributed by atoms with E-state index in [0.29, 0.717) is 34.4 Å². The average Bonchev–Trinajstić information content (AvgIpc) is 2.87. The first-order valence-electron chi connectivity index (χ1n) is 11.6. The van der Waals surface area contributed by atoms with Crippen molar-refractivity contribution in [1.29, 1.82) is 0 Å². The predicted octanol–water partition coefficient (Wildman–Crippen LogP) is 5.76. The zero-order valence-corrected chi connectivity index (χ0v) is 20.5. The number of amides is 4. The van der Waals surface area contributed by atoms with Gasteiger partial charge in [0.15, 0.2) is 0 Å². The first-order chi connectivity index (χ1) is 17.5. The van der Waals surface area contributed by atoms with Gasteiger partial charge in [-0.05, 0) is 48.9 Å². The first-order valence-corrected chi connectivity index (χ1v) is 11.9. The van der Waals surface area contributed by atoms with Crippen molar-refractivity contribution in [3.05, 3.63) is 94.5 Å². The molecule has 0 spiro atoms. The van der Waals surface area contributed by atoms with Crippen LogP contribution in [0.3, 0.4) is 0 Å². The third kappa shape index (κ3) is 5.75. The summed E-state index contributed by atoms with van der Waals surface area (Å²) in [5.74, 6) is -0.415. The Hall–Kier alpha value is -4.10. The number of benzene rings is 3. The SMILES string of the molecule is CCCCOc1ccc(N2C(=O)NC(=O)/C(=C/c3ccccc3OCc3ccccc3Cl)C2=O)cc1. The van der Waals surface area contributed by atoms with Crippen molar-refractivity contribution >= 4 is 41.2 Å². The number of imide groups is 2. The third-order valence-corrected chi connectivity index (χ3v) is 5.89. The summed E-state index contributed by atoms with van der Waals surface area (Å²) in [5, 5.41) is 2.81. The number of hydrogen-bond donors (Lipinski definition) is 1. The number of rotatable bonds is 9. The molecule has 0 unspecified atom stereocenters. The van der Waals surface area contributed by atoms with Gasteiger partial charge in [-0.2, -0.15) is 0 Å². The normalized spacial score (nSPS) is 14.7. The summed E-state index contributed by atoms with van der Waals surface area (Å²) in [5.41, 5.74) is 1.44. The third-order valence-electron chi connectivity index (χ3n) is 5.52. The Labute approximate surface area is 214 Å². The second kappa shape index (κ2) is 11.6. The molecule has 3 aromatic carbocycles. The van der Waals surface area contributed by atoms with Gasteiger partial charge in [-0.25, -0.2) is 9.69 Å². The van der Waals surface area contributed by atoms with E-state index in [0.717, 1.165) is 23.3 Å². The first kappa shape index (κ1) is 25.0. The van der Waals surface area contributed by atoms with Gasteiger partial charge in [0, 0.05) is 16.1 Å². The molecule has 7 nitrogen and oxygen atoms in total. The Morgan fingerprint density at radius 1 is 0.917 bits per heavy atom. The Bertz CT molecular complexity index is 1300. The standard InChI is InChI=1S/C28H25ClN2O5/c1-2-3-16-35-22-14-12-21(13-15-22)31-27(33)23(26(32)30-28(31)34)17-19-8-5-7-11-25(19)36-18-20-9-4-6-10-24(20)29/h4-15,17H,2-3,16,18H2,1H3,(H,30,32,34)/b23-17-. The van der Waals surface area contributed by atoms with Gasteiger partial charge in [0.1, 0.15) is 23.7 Å². The number of hydrogen-bond acceptors (Lipinski definition) is 5. The summed E-state index contributed by atoms with van der Waals surface area (Å²) < 4.78 is 11.6. The van der Waals surface area contributed by atoms with Crippen molar-refractivity contribution in [2.24, 2.45) is 0 Å². The molecular weight excluding hydrogens is 480 g/mol. The molecular formula is C28H25ClN2O5. The van der Waals surface area contributed by atoms with Gasteiger partial charge in [0.05, 0.1) is 12.3 Å². The molecule has 3 aromatic rings. The van der Waals surface area contributed by atoms with Crippen LogP contribution in [0.15, 0.2) is 78.4 Å². The number of halogens is 1. The summed E-state index contributed by atoms with van der Waals surface area (Å²) in [6.45, 7) is 2.86. The molecule has 0 atom stereocenters. The summed E-state index contributed by atoms with van der Waals surface area (Å²) >= 11 is 6.22. The summed E-state index contributed by atoms with van der Waals surface area (Å²) in [4.78, 5) is 39.3. The van der Waals surface area contributed by atoms with Crippen LogP contribution in [0.25, 0.3) is 6.08 Å². The molecule has 4 amide bonds. The molecule has 184 valence electrons. The van der Waals surface area contributed by atoms with Crippen LogP contribution in [0, 0.1) is 0 Å². The molecule has 1 aliphatic heterocycles. The molecule has 1 aliphatic rings. The van der Waals surface area contributed by atoms with Gasteiger partial charge in [-0.3, -0.25) is 14.9 Å². The van der Waals surface area contributed by atoms with Crippen molar-refractivity contribution in [1.82, 2.24) is 5.32 Å². The maximum Gasteiger partial charge on any atom is 0.335 e. The van der Waals surface area contributed by atoms with Crippen molar-refractivity contribution in [2.45, 2.75) is 26.4 Å². The van der Waals surface area contributed by atoms with E-state index in [9.17, 15) is 14.4 Å². The number of ether oxygens (including phenoxy) is 2. The predicted molar refractivity (Wildman–Crippen MR) is 138 cm³/mol. The molecule has 8 heteroatoms. The van der Waals surface area contributed by atoms with Crippen LogP contribution in [-0.2, 0) is 16.2 Å². The summed E-state index contributed by atoms with van der Waals surface area (Å²) in [7, 11) is 0. The molecule has 0 bridgehead atoms. The Balaban J connectivity index is 1.57. The fraction of sp³-hybridized carbons (Fsp3) is 0.179. The molecule has 1 heterocycles. The van der Waals surface area contributed by atoms with Crippen LogP contribution in [0.4, 0.5) is 10.5 Å². The Morgan fingerprint density at radius 3 is 2.39 bits per heavy atom. The van der Waals surface area contributed by atoms with Crippen LogP contribution >= 0.6 is 11.6 Å². The zero-order chi connectivity index (χ0) is 25.5. The number of para-hydroxylation sites is 1. The highest BCUT2D eigenvalue weighted by molar-refractivity contribution is 6.39. The van der Waals surface area contributed by atoms with Gasteiger partial charge >= 0.3 is 6.03 Å². The monoisotopic (exact) mass is 504 g/mol. The van der Waals surface area contributed by atoms with Crippen molar-refractivity contribution in [2.75, 3.05) is 11.5 Å². The van der Waals surface area contributed by atoms with Crippen LogP contribution < -0.4 is 19.7 Å². The van der Waals surface area contributed by atoms with Crippen LogP contribution in [0.1, 0.15) is 30.9 Å². The average molecular weight is 505 g/mol. The molecule has 0 aliphatic carbocycles. The molecule has 0 saturated carbocycles. The lowest BCUT2D eigenvalue weighted by atomic mass is 10.1. The number of barbiturate groups is 1. The number of urea groups is 1. The van der Waals surface area contributed by atoms with Crippen LogP contribution in [0.5, 0.6) is 11.5 Å². The smallest absolute Gasteiger partial charge is 0.335 e. The number of unbranched alkanes of at least 4 members (excludes halogenated alkanes) is 1. The highest BCUT2D eigenvalue weighted by Gasteiger charge is 2.37. The molecule has 1 saturated heterocycles. The van der Waals surface area contributed by atoms with E-state index < -0.39 is 17.8 Å². The second-order valence-electron chi connectivity index (χ2n) is 8.07. The molecule has 0 aromatic heterocycles. The largest absolute Gasteiger partial charge is 0.494 e. The minimum absolute atomic E-state index is 0.188.